The molecule has 7 nitrogen and oxygen atoms in total. The minimum absolute atomic E-state index is 0.00591. The molecule has 0 heterocycles. The van der Waals surface area contributed by atoms with Crippen LogP contribution in [-0.2, 0) is 32.6 Å². The van der Waals surface area contributed by atoms with Crippen molar-refractivity contribution in [3.63, 3.8) is 0 Å². The first-order valence-electron chi connectivity index (χ1n) is 14.1. The van der Waals surface area contributed by atoms with E-state index in [9.17, 15) is 18.0 Å². The molecule has 0 aliphatic carbocycles. The van der Waals surface area contributed by atoms with Gasteiger partial charge in [0.1, 0.15) is 6.04 Å². The largest absolute Gasteiger partial charge is 0.352 e. The monoisotopic (exact) mass is 665 g/mol. The van der Waals surface area contributed by atoms with Crippen LogP contribution in [-0.4, -0.2) is 50.0 Å². The molecule has 3 aromatic rings. The standard InChI is InChI=1S/C32H38Cl3N3O4S/c1-5-23(3)36-32(40)30(19-24-11-7-6-8-12-24)37(21-26-27(34)13-9-14-28(26)35)31(39)15-10-18-38(43(4,41)42)29-20-25(33)17-16-22(29)2/h6-9,11-14,16-17,20,23,30H,5,10,15,18-19,21H2,1-4H3,(H,36,40). The van der Waals surface area contributed by atoms with Gasteiger partial charge in [-0.05, 0) is 62.1 Å². The molecule has 2 unspecified atom stereocenters. The molecular formula is C32H38Cl3N3O4S. The molecule has 0 saturated carbocycles. The van der Waals surface area contributed by atoms with Crippen molar-refractivity contribution in [2.75, 3.05) is 17.1 Å². The third kappa shape index (κ3) is 9.86. The zero-order valence-electron chi connectivity index (χ0n) is 24.8. The predicted molar refractivity (Wildman–Crippen MR) is 176 cm³/mol. The molecular weight excluding hydrogens is 629 g/mol. The number of nitrogens with one attached hydrogen (secondary N) is 1. The molecule has 1 N–H and O–H groups in total. The Kier molecular flexibility index (Phi) is 12.8. The normalized spacial score (nSPS) is 12.8. The highest BCUT2D eigenvalue weighted by Gasteiger charge is 2.32. The van der Waals surface area contributed by atoms with Crippen LogP contribution in [0.1, 0.15) is 49.8 Å². The van der Waals surface area contributed by atoms with Crippen molar-refractivity contribution >= 4 is 62.3 Å². The summed E-state index contributed by atoms with van der Waals surface area (Å²) in [5.74, 6) is -0.616. The van der Waals surface area contributed by atoms with Crippen molar-refractivity contribution < 1.29 is 18.0 Å². The van der Waals surface area contributed by atoms with Gasteiger partial charge >= 0.3 is 0 Å². The molecule has 0 aliphatic rings. The zero-order chi connectivity index (χ0) is 31.7. The van der Waals surface area contributed by atoms with Gasteiger partial charge in [-0.15, -0.1) is 0 Å². The number of halogens is 3. The maximum Gasteiger partial charge on any atom is 0.243 e. The lowest BCUT2D eigenvalue weighted by Gasteiger charge is -2.33. The SMILES string of the molecule is CCC(C)NC(=O)C(Cc1ccccc1)N(Cc1c(Cl)cccc1Cl)C(=O)CCCN(c1cc(Cl)ccc1C)S(C)(=O)=O. The third-order valence-corrected chi connectivity index (χ3v) is 9.38. The number of hydrogen-bond acceptors (Lipinski definition) is 4. The van der Waals surface area contributed by atoms with Crippen LogP contribution in [0, 0.1) is 6.92 Å². The summed E-state index contributed by atoms with van der Waals surface area (Å²) >= 11 is 19.2. The predicted octanol–water partition coefficient (Wildman–Crippen LogP) is 7.06. The fraction of sp³-hybridized carbons (Fsp3) is 0.375. The minimum Gasteiger partial charge on any atom is -0.352 e. The summed E-state index contributed by atoms with van der Waals surface area (Å²) in [5.41, 5.74) is 2.60. The molecule has 232 valence electrons. The van der Waals surface area contributed by atoms with Crippen molar-refractivity contribution in [2.45, 2.75) is 65.1 Å². The smallest absolute Gasteiger partial charge is 0.243 e. The van der Waals surface area contributed by atoms with Crippen molar-refractivity contribution in [2.24, 2.45) is 0 Å². The Morgan fingerprint density at radius 2 is 1.60 bits per heavy atom. The maximum atomic E-state index is 14.0. The van der Waals surface area contributed by atoms with E-state index >= 15 is 0 Å². The number of aryl methyl sites for hydroxylation is 1. The number of nitrogens with zero attached hydrogens (tertiary/aromatic N) is 2. The first-order valence-corrected chi connectivity index (χ1v) is 17.1. The Morgan fingerprint density at radius 1 is 0.953 bits per heavy atom. The zero-order valence-corrected chi connectivity index (χ0v) is 27.9. The van der Waals surface area contributed by atoms with E-state index < -0.39 is 16.1 Å². The van der Waals surface area contributed by atoms with E-state index in [1.165, 1.54) is 9.21 Å². The van der Waals surface area contributed by atoms with Crippen LogP contribution < -0.4 is 9.62 Å². The van der Waals surface area contributed by atoms with E-state index in [4.69, 9.17) is 34.8 Å². The Morgan fingerprint density at radius 3 is 2.21 bits per heavy atom. The van der Waals surface area contributed by atoms with E-state index in [1.54, 1.807) is 43.3 Å². The summed E-state index contributed by atoms with van der Waals surface area (Å²) in [6.45, 7) is 5.74. The summed E-state index contributed by atoms with van der Waals surface area (Å²) in [5, 5.41) is 4.20. The lowest BCUT2D eigenvalue weighted by Crippen LogP contribution is -2.52. The van der Waals surface area contributed by atoms with Crippen LogP contribution in [0.5, 0.6) is 0 Å². The van der Waals surface area contributed by atoms with Gasteiger partial charge in [-0.2, -0.15) is 0 Å². The van der Waals surface area contributed by atoms with Crippen LogP contribution >= 0.6 is 34.8 Å². The van der Waals surface area contributed by atoms with Gasteiger partial charge in [-0.25, -0.2) is 8.42 Å². The third-order valence-electron chi connectivity index (χ3n) is 7.25. The van der Waals surface area contributed by atoms with Crippen molar-refractivity contribution in [1.29, 1.82) is 0 Å². The molecule has 11 heteroatoms. The minimum atomic E-state index is -3.67. The molecule has 0 bridgehead atoms. The van der Waals surface area contributed by atoms with Crippen molar-refractivity contribution in [3.8, 4) is 0 Å². The quantitative estimate of drug-likeness (QED) is 0.200. The Balaban J connectivity index is 1.95. The maximum absolute atomic E-state index is 14.0. The van der Waals surface area contributed by atoms with Crippen LogP contribution in [0.15, 0.2) is 66.7 Å². The van der Waals surface area contributed by atoms with E-state index in [0.29, 0.717) is 26.3 Å². The molecule has 43 heavy (non-hydrogen) atoms. The second-order valence-electron chi connectivity index (χ2n) is 10.6. The van der Waals surface area contributed by atoms with E-state index in [-0.39, 0.29) is 50.2 Å². The number of benzene rings is 3. The molecule has 0 saturated heterocycles. The highest BCUT2D eigenvalue weighted by molar-refractivity contribution is 7.92. The van der Waals surface area contributed by atoms with Gasteiger partial charge in [-0.1, -0.05) is 84.2 Å². The fourth-order valence-corrected chi connectivity index (χ4v) is 6.38. The van der Waals surface area contributed by atoms with Gasteiger partial charge in [0.2, 0.25) is 21.8 Å². The summed E-state index contributed by atoms with van der Waals surface area (Å²) in [6.07, 6.45) is 2.30. The molecule has 0 fully saturated rings. The van der Waals surface area contributed by atoms with Gasteiger partial charge in [0.15, 0.2) is 0 Å². The molecule has 0 spiro atoms. The summed E-state index contributed by atoms with van der Waals surface area (Å²) < 4.78 is 26.8. The molecule has 3 rings (SSSR count). The van der Waals surface area contributed by atoms with Gasteiger partial charge in [-0.3, -0.25) is 13.9 Å². The van der Waals surface area contributed by atoms with Gasteiger partial charge < -0.3 is 10.2 Å². The van der Waals surface area contributed by atoms with Crippen LogP contribution in [0.2, 0.25) is 15.1 Å². The Hall–Kier alpha value is -2.78. The van der Waals surface area contributed by atoms with E-state index in [0.717, 1.165) is 23.8 Å². The fourth-order valence-electron chi connectivity index (χ4n) is 4.68. The highest BCUT2D eigenvalue weighted by Crippen LogP contribution is 2.29. The molecule has 0 radical (unpaired) electrons. The highest BCUT2D eigenvalue weighted by atomic mass is 35.5. The van der Waals surface area contributed by atoms with Crippen molar-refractivity contribution in [3.05, 3.63) is 98.5 Å². The topological polar surface area (TPSA) is 86.8 Å². The number of sulfonamides is 1. The van der Waals surface area contributed by atoms with Crippen LogP contribution in [0.25, 0.3) is 0 Å². The Bertz CT molecular complexity index is 1500. The summed E-state index contributed by atoms with van der Waals surface area (Å²) in [6, 6.07) is 18.6. The summed E-state index contributed by atoms with van der Waals surface area (Å²) in [7, 11) is -3.67. The summed E-state index contributed by atoms with van der Waals surface area (Å²) in [4.78, 5) is 29.2. The molecule has 0 aromatic heterocycles. The van der Waals surface area contributed by atoms with Crippen LogP contribution in [0.4, 0.5) is 5.69 Å². The van der Waals surface area contributed by atoms with E-state index in [1.807, 2.05) is 44.2 Å². The average Bonchev–Trinajstić information content (AvgIpc) is 2.95. The van der Waals surface area contributed by atoms with Gasteiger partial charge in [0, 0.05) is 52.6 Å². The first-order chi connectivity index (χ1) is 20.3. The lowest BCUT2D eigenvalue weighted by molar-refractivity contribution is -0.141. The molecule has 3 aromatic carbocycles. The van der Waals surface area contributed by atoms with E-state index in [2.05, 4.69) is 5.32 Å². The Labute approximate surface area is 270 Å². The van der Waals surface area contributed by atoms with Crippen molar-refractivity contribution in [1.82, 2.24) is 10.2 Å². The number of rotatable bonds is 14. The molecule has 2 atom stereocenters. The second-order valence-corrected chi connectivity index (χ2v) is 13.8. The van der Waals surface area contributed by atoms with Gasteiger partial charge in [0.05, 0.1) is 11.9 Å². The number of anilines is 1. The number of hydrogen-bond donors (Lipinski definition) is 1. The number of carbonyl (C=O) groups excluding carboxylic acids is 2. The first kappa shape index (κ1) is 34.7. The molecule has 2 amide bonds. The average molecular weight is 667 g/mol. The number of amides is 2. The lowest BCUT2D eigenvalue weighted by atomic mass is 10.0. The number of carbonyl (C=O) groups is 2. The van der Waals surface area contributed by atoms with Gasteiger partial charge in [0.25, 0.3) is 0 Å². The second kappa shape index (κ2) is 15.8. The molecule has 0 aliphatic heterocycles. The van der Waals surface area contributed by atoms with Crippen LogP contribution in [0.3, 0.4) is 0 Å².